The van der Waals surface area contributed by atoms with Gasteiger partial charge in [-0.2, -0.15) is 0 Å². The van der Waals surface area contributed by atoms with Gasteiger partial charge in [-0.1, -0.05) is 12.2 Å². The predicted molar refractivity (Wildman–Crippen MR) is 86.7 cm³/mol. The molecule has 126 valence electrons. The third-order valence-corrected chi connectivity index (χ3v) is 5.20. The molecule has 5 heteroatoms. The fourth-order valence-corrected chi connectivity index (χ4v) is 3.70. The first-order valence-electron chi connectivity index (χ1n) is 8.38. The molecule has 22 heavy (non-hydrogen) atoms. The van der Waals surface area contributed by atoms with Gasteiger partial charge in [-0.25, -0.2) is 4.79 Å². The number of rotatable bonds is 3. The SMILES string of the molecule is C=C(C)[C@@H]1CCC(C)(O)C(N2CCN(C(=O)OCC)CC2)C1. The van der Waals surface area contributed by atoms with Gasteiger partial charge >= 0.3 is 6.09 Å². The van der Waals surface area contributed by atoms with E-state index in [0.717, 1.165) is 32.4 Å². The Balaban J connectivity index is 1.96. The molecular formula is C17H30N2O3. The molecule has 0 radical (unpaired) electrons. The number of carbonyl (C=O) groups excluding carboxylic acids is 1. The highest BCUT2D eigenvalue weighted by Crippen LogP contribution is 2.38. The van der Waals surface area contributed by atoms with Gasteiger partial charge in [0, 0.05) is 32.2 Å². The number of allylic oxidation sites excluding steroid dienone is 1. The van der Waals surface area contributed by atoms with E-state index in [1.54, 1.807) is 4.90 Å². The molecule has 5 nitrogen and oxygen atoms in total. The highest BCUT2D eigenvalue weighted by Gasteiger charge is 2.42. The second kappa shape index (κ2) is 7.01. The topological polar surface area (TPSA) is 53.0 Å². The van der Waals surface area contributed by atoms with Gasteiger partial charge in [0.25, 0.3) is 0 Å². The van der Waals surface area contributed by atoms with Crippen LogP contribution in [0.1, 0.15) is 40.0 Å². The third kappa shape index (κ3) is 3.82. The summed E-state index contributed by atoms with van der Waals surface area (Å²) in [5.74, 6) is 0.494. The van der Waals surface area contributed by atoms with Crippen LogP contribution in [-0.2, 0) is 4.74 Å². The molecule has 2 fully saturated rings. The van der Waals surface area contributed by atoms with Crippen molar-refractivity contribution in [2.75, 3.05) is 32.8 Å². The zero-order valence-electron chi connectivity index (χ0n) is 14.2. The minimum atomic E-state index is -0.655. The van der Waals surface area contributed by atoms with E-state index in [2.05, 4.69) is 18.4 Å². The number of nitrogens with zero attached hydrogens (tertiary/aromatic N) is 2. The molecular weight excluding hydrogens is 280 g/mol. The Kier molecular flexibility index (Phi) is 5.50. The Morgan fingerprint density at radius 2 is 2.00 bits per heavy atom. The molecule has 0 spiro atoms. The summed E-state index contributed by atoms with van der Waals surface area (Å²) in [7, 11) is 0. The lowest BCUT2D eigenvalue weighted by molar-refractivity contribution is -0.0786. The summed E-state index contributed by atoms with van der Waals surface area (Å²) in [6.07, 6.45) is 2.56. The summed E-state index contributed by atoms with van der Waals surface area (Å²) in [5, 5.41) is 10.8. The van der Waals surface area contributed by atoms with Crippen LogP contribution in [0.15, 0.2) is 12.2 Å². The van der Waals surface area contributed by atoms with Gasteiger partial charge in [-0.05, 0) is 46.0 Å². The number of ether oxygens (including phenoxy) is 1. The summed E-state index contributed by atoms with van der Waals surface area (Å²) in [6.45, 7) is 13.3. The van der Waals surface area contributed by atoms with Crippen LogP contribution in [0, 0.1) is 5.92 Å². The van der Waals surface area contributed by atoms with Crippen molar-refractivity contribution in [1.29, 1.82) is 0 Å². The van der Waals surface area contributed by atoms with E-state index in [1.807, 2.05) is 13.8 Å². The monoisotopic (exact) mass is 310 g/mol. The van der Waals surface area contributed by atoms with E-state index in [-0.39, 0.29) is 12.1 Å². The number of aliphatic hydroxyl groups is 1. The molecule has 2 aliphatic rings. The minimum absolute atomic E-state index is 0.146. The van der Waals surface area contributed by atoms with Crippen LogP contribution >= 0.6 is 0 Å². The lowest BCUT2D eigenvalue weighted by Crippen LogP contribution is -2.60. The van der Waals surface area contributed by atoms with Crippen molar-refractivity contribution in [1.82, 2.24) is 9.80 Å². The first-order chi connectivity index (χ1) is 10.3. The molecule has 1 saturated carbocycles. The third-order valence-electron chi connectivity index (χ3n) is 5.20. The summed E-state index contributed by atoms with van der Waals surface area (Å²) in [4.78, 5) is 15.9. The zero-order chi connectivity index (χ0) is 16.3. The van der Waals surface area contributed by atoms with Crippen molar-refractivity contribution in [3.63, 3.8) is 0 Å². The summed E-state index contributed by atoms with van der Waals surface area (Å²) in [5.41, 5.74) is 0.559. The van der Waals surface area contributed by atoms with Gasteiger partial charge in [-0.3, -0.25) is 4.90 Å². The molecule has 0 aromatic heterocycles. The fourth-order valence-electron chi connectivity index (χ4n) is 3.70. The Morgan fingerprint density at radius 1 is 1.36 bits per heavy atom. The molecule has 1 aliphatic carbocycles. The van der Waals surface area contributed by atoms with E-state index >= 15 is 0 Å². The number of hydrogen-bond acceptors (Lipinski definition) is 4. The molecule has 2 unspecified atom stereocenters. The highest BCUT2D eigenvalue weighted by molar-refractivity contribution is 5.67. The minimum Gasteiger partial charge on any atom is -0.450 e. The van der Waals surface area contributed by atoms with Crippen molar-refractivity contribution < 1.29 is 14.6 Å². The molecule has 1 saturated heterocycles. The molecule has 1 aliphatic heterocycles. The fraction of sp³-hybridized carbons (Fsp3) is 0.824. The second-order valence-corrected chi connectivity index (χ2v) is 6.91. The second-order valence-electron chi connectivity index (χ2n) is 6.91. The maximum Gasteiger partial charge on any atom is 0.409 e. The van der Waals surface area contributed by atoms with Crippen molar-refractivity contribution in [3.05, 3.63) is 12.2 Å². The van der Waals surface area contributed by atoms with Gasteiger partial charge in [0.05, 0.1) is 12.2 Å². The van der Waals surface area contributed by atoms with E-state index < -0.39 is 5.60 Å². The van der Waals surface area contributed by atoms with Gasteiger partial charge < -0.3 is 14.7 Å². The Hall–Kier alpha value is -1.07. The molecule has 0 aromatic carbocycles. The van der Waals surface area contributed by atoms with Gasteiger partial charge in [0.1, 0.15) is 0 Å². The Morgan fingerprint density at radius 3 is 2.55 bits per heavy atom. The number of amides is 1. The van der Waals surface area contributed by atoms with Crippen LogP contribution in [0.25, 0.3) is 0 Å². The maximum absolute atomic E-state index is 11.8. The number of hydrogen-bond donors (Lipinski definition) is 1. The first kappa shape index (κ1) is 17.3. The van der Waals surface area contributed by atoms with Crippen LogP contribution in [-0.4, -0.2) is 65.4 Å². The number of carbonyl (C=O) groups is 1. The smallest absolute Gasteiger partial charge is 0.409 e. The maximum atomic E-state index is 11.8. The van der Waals surface area contributed by atoms with Gasteiger partial charge in [-0.15, -0.1) is 0 Å². The average Bonchev–Trinajstić information content (AvgIpc) is 2.47. The lowest BCUT2D eigenvalue weighted by atomic mass is 9.73. The predicted octanol–water partition coefficient (Wildman–Crippen LogP) is 2.26. The Bertz CT molecular complexity index is 414. The molecule has 2 rings (SSSR count). The van der Waals surface area contributed by atoms with Crippen LogP contribution in [0.3, 0.4) is 0 Å². The van der Waals surface area contributed by atoms with Crippen LogP contribution in [0.4, 0.5) is 4.79 Å². The zero-order valence-corrected chi connectivity index (χ0v) is 14.2. The lowest BCUT2D eigenvalue weighted by Gasteiger charge is -2.49. The van der Waals surface area contributed by atoms with Crippen LogP contribution in [0.2, 0.25) is 0 Å². The summed E-state index contributed by atoms with van der Waals surface area (Å²) >= 11 is 0. The van der Waals surface area contributed by atoms with Crippen LogP contribution < -0.4 is 0 Å². The van der Waals surface area contributed by atoms with E-state index in [9.17, 15) is 9.90 Å². The van der Waals surface area contributed by atoms with E-state index in [1.165, 1.54) is 5.57 Å². The number of piperazine rings is 1. The molecule has 0 bridgehead atoms. The molecule has 1 amide bonds. The first-order valence-corrected chi connectivity index (χ1v) is 8.38. The summed E-state index contributed by atoms with van der Waals surface area (Å²) in [6, 6.07) is 0.146. The highest BCUT2D eigenvalue weighted by atomic mass is 16.6. The largest absolute Gasteiger partial charge is 0.450 e. The van der Waals surface area contributed by atoms with E-state index in [4.69, 9.17) is 4.74 Å². The van der Waals surface area contributed by atoms with Crippen molar-refractivity contribution in [2.45, 2.75) is 51.7 Å². The molecule has 1 heterocycles. The molecule has 1 N–H and O–H groups in total. The van der Waals surface area contributed by atoms with Crippen molar-refractivity contribution >= 4 is 6.09 Å². The van der Waals surface area contributed by atoms with E-state index in [0.29, 0.717) is 25.6 Å². The summed E-state index contributed by atoms with van der Waals surface area (Å²) < 4.78 is 5.06. The molecule has 3 atom stereocenters. The van der Waals surface area contributed by atoms with Crippen molar-refractivity contribution in [2.24, 2.45) is 5.92 Å². The quantitative estimate of drug-likeness (QED) is 0.812. The average molecular weight is 310 g/mol. The van der Waals surface area contributed by atoms with Crippen LogP contribution in [0.5, 0.6) is 0 Å². The van der Waals surface area contributed by atoms with Gasteiger partial charge in [0.2, 0.25) is 0 Å². The normalized spacial score (nSPS) is 33.5. The van der Waals surface area contributed by atoms with Crippen molar-refractivity contribution in [3.8, 4) is 0 Å². The Labute approximate surface area is 133 Å². The molecule has 0 aromatic rings. The van der Waals surface area contributed by atoms with Gasteiger partial charge in [0.15, 0.2) is 0 Å². The standard InChI is InChI=1S/C17H30N2O3/c1-5-22-16(20)19-10-8-18(9-11-19)15-12-14(13(2)3)6-7-17(15,4)21/h14-15,21H,2,5-12H2,1,3-4H3/t14-,15?,17?/m1/s1.